The van der Waals surface area contributed by atoms with Gasteiger partial charge in [-0.3, -0.25) is 4.79 Å². The maximum absolute atomic E-state index is 11.8. The van der Waals surface area contributed by atoms with E-state index in [-0.39, 0.29) is 18.6 Å². The maximum Gasteiger partial charge on any atom is 0.258 e. The van der Waals surface area contributed by atoms with Gasteiger partial charge in [-0.15, -0.1) is 11.3 Å². The second-order valence-corrected chi connectivity index (χ2v) is 5.11. The number of hydrogen-bond acceptors (Lipinski definition) is 4. The normalized spacial score (nSPS) is 11.8. The largest absolute Gasteiger partial charge is 0.482 e. The minimum atomic E-state index is -0.163. The van der Waals surface area contributed by atoms with E-state index >= 15 is 0 Å². The van der Waals surface area contributed by atoms with Crippen LogP contribution in [0.4, 0.5) is 5.69 Å². The minimum absolute atomic E-state index is 0.00998. The van der Waals surface area contributed by atoms with E-state index in [9.17, 15) is 4.79 Å². The molecule has 1 amide bonds. The molecule has 19 heavy (non-hydrogen) atoms. The first-order valence-electron chi connectivity index (χ1n) is 5.97. The quantitative estimate of drug-likeness (QED) is 0.825. The number of anilines is 1. The Morgan fingerprint density at radius 2 is 2.16 bits per heavy atom. The average molecular weight is 276 g/mol. The van der Waals surface area contributed by atoms with E-state index in [4.69, 9.17) is 10.5 Å². The summed E-state index contributed by atoms with van der Waals surface area (Å²) < 4.78 is 5.38. The second kappa shape index (κ2) is 6.24. The highest BCUT2D eigenvalue weighted by Crippen LogP contribution is 2.20. The first-order chi connectivity index (χ1) is 9.16. The molecule has 4 nitrogen and oxygen atoms in total. The average Bonchev–Trinajstić information content (AvgIpc) is 2.91. The van der Waals surface area contributed by atoms with Crippen molar-refractivity contribution in [3.63, 3.8) is 0 Å². The topological polar surface area (TPSA) is 64.3 Å². The number of carbonyl (C=O) groups is 1. The Balaban J connectivity index is 1.84. The van der Waals surface area contributed by atoms with Crippen LogP contribution >= 0.6 is 11.3 Å². The Morgan fingerprint density at radius 3 is 2.84 bits per heavy atom. The summed E-state index contributed by atoms with van der Waals surface area (Å²) in [6.07, 6.45) is 0. The highest BCUT2D eigenvalue weighted by molar-refractivity contribution is 7.10. The van der Waals surface area contributed by atoms with Crippen LogP contribution in [0, 0.1) is 0 Å². The molecule has 0 aliphatic heterocycles. The maximum atomic E-state index is 11.8. The molecule has 1 aromatic heterocycles. The van der Waals surface area contributed by atoms with Crippen molar-refractivity contribution in [2.45, 2.75) is 13.0 Å². The molecule has 5 heteroatoms. The van der Waals surface area contributed by atoms with E-state index in [2.05, 4.69) is 5.32 Å². The second-order valence-electron chi connectivity index (χ2n) is 4.13. The van der Waals surface area contributed by atoms with Crippen molar-refractivity contribution < 1.29 is 9.53 Å². The van der Waals surface area contributed by atoms with Crippen LogP contribution in [-0.4, -0.2) is 12.5 Å². The van der Waals surface area contributed by atoms with Gasteiger partial charge in [0.2, 0.25) is 0 Å². The predicted octanol–water partition coefficient (Wildman–Crippen LogP) is 2.59. The highest BCUT2D eigenvalue weighted by Gasteiger charge is 2.11. The van der Waals surface area contributed by atoms with E-state index in [1.807, 2.05) is 36.6 Å². The molecule has 1 unspecified atom stereocenters. The lowest BCUT2D eigenvalue weighted by Crippen LogP contribution is -2.30. The number of amides is 1. The van der Waals surface area contributed by atoms with E-state index in [1.54, 1.807) is 23.5 Å². The van der Waals surface area contributed by atoms with Gasteiger partial charge in [-0.25, -0.2) is 0 Å². The summed E-state index contributed by atoms with van der Waals surface area (Å²) in [4.78, 5) is 12.9. The molecule has 1 aromatic carbocycles. The zero-order valence-corrected chi connectivity index (χ0v) is 11.4. The fourth-order valence-electron chi connectivity index (χ4n) is 1.65. The monoisotopic (exact) mass is 276 g/mol. The zero-order chi connectivity index (χ0) is 13.7. The number of hydrogen-bond donors (Lipinski definition) is 2. The number of para-hydroxylation sites is 2. The Kier molecular flexibility index (Phi) is 4.41. The molecule has 0 saturated heterocycles. The fraction of sp³-hybridized carbons (Fsp3) is 0.214. The minimum Gasteiger partial charge on any atom is -0.482 e. The molecule has 0 spiro atoms. The van der Waals surface area contributed by atoms with Gasteiger partial charge >= 0.3 is 0 Å². The summed E-state index contributed by atoms with van der Waals surface area (Å²) in [6.45, 7) is 1.91. The summed E-state index contributed by atoms with van der Waals surface area (Å²) >= 11 is 1.61. The Morgan fingerprint density at radius 1 is 1.37 bits per heavy atom. The van der Waals surface area contributed by atoms with Gasteiger partial charge in [0.25, 0.3) is 5.91 Å². The summed E-state index contributed by atoms with van der Waals surface area (Å²) in [5, 5.41) is 4.86. The molecule has 1 heterocycles. The smallest absolute Gasteiger partial charge is 0.258 e. The third-order valence-corrected chi connectivity index (χ3v) is 3.68. The van der Waals surface area contributed by atoms with Gasteiger partial charge in [0.1, 0.15) is 5.75 Å². The summed E-state index contributed by atoms with van der Waals surface area (Å²) in [5.74, 6) is 0.366. The zero-order valence-electron chi connectivity index (χ0n) is 10.6. The first-order valence-corrected chi connectivity index (χ1v) is 6.85. The number of benzene rings is 1. The summed E-state index contributed by atoms with van der Waals surface area (Å²) in [7, 11) is 0. The van der Waals surface area contributed by atoms with Crippen molar-refractivity contribution in [3.8, 4) is 5.75 Å². The Hall–Kier alpha value is -2.01. The van der Waals surface area contributed by atoms with E-state index < -0.39 is 0 Å². The Labute approximate surface area is 116 Å². The molecular formula is C14H16N2O2S. The molecule has 0 radical (unpaired) electrons. The molecule has 0 aliphatic rings. The molecule has 0 bridgehead atoms. The van der Waals surface area contributed by atoms with Crippen molar-refractivity contribution in [2.75, 3.05) is 12.3 Å². The molecule has 3 N–H and O–H groups in total. The van der Waals surface area contributed by atoms with E-state index in [1.165, 1.54) is 0 Å². The van der Waals surface area contributed by atoms with Crippen LogP contribution in [0.15, 0.2) is 41.8 Å². The number of ether oxygens (including phenoxy) is 1. The molecule has 2 rings (SSSR count). The number of nitrogen functional groups attached to an aromatic ring is 1. The summed E-state index contributed by atoms with van der Waals surface area (Å²) in [5.41, 5.74) is 6.26. The number of nitrogens with two attached hydrogens (primary N) is 1. The van der Waals surface area contributed by atoms with Crippen LogP contribution in [0.5, 0.6) is 5.75 Å². The molecule has 0 fully saturated rings. The lowest BCUT2D eigenvalue weighted by Gasteiger charge is -2.13. The van der Waals surface area contributed by atoms with Crippen LogP contribution in [-0.2, 0) is 4.79 Å². The molecule has 2 aromatic rings. The van der Waals surface area contributed by atoms with Gasteiger partial charge in [0.15, 0.2) is 6.61 Å². The Bertz CT molecular complexity index is 540. The van der Waals surface area contributed by atoms with Gasteiger partial charge in [-0.2, -0.15) is 0 Å². The third-order valence-electron chi connectivity index (χ3n) is 2.63. The van der Waals surface area contributed by atoms with Gasteiger partial charge in [-0.1, -0.05) is 18.2 Å². The predicted molar refractivity (Wildman–Crippen MR) is 77.2 cm³/mol. The van der Waals surface area contributed by atoms with Gasteiger partial charge in [0.05, 0.1) is 11.7 Å². The van der Waals surface area contributed by atoms with Gasteiger partial charge < -0.3 is 15.8 Å². The van der Waals surface area contributed by atoms with Crippen LogP contribution in [0.3, 0.4) is 0 Å². The third kappa shape index (κ3) is 3.72. The number of rotatable bonds is 5. The standard InChI is InChI=1S/C14H16N2O2S/c1-10(13-7-4-8-19-13)16-14(17)9-18-12-6-3-2-5-11(12)15/h2-8,10H,9,15H2,1H3,(H,16,17). The first kappa shape index (κ1) is 13.4. The lowest BCUT2D eigenvalue weighted by atomic mass is 10.3. The molecule has 100 valence electrons. The molecular weight excluding hydrogens is 260 g/mol. The molecule has 0 aliphatic carbocycles. The van der Waals surface area contributed by atoms with Crippen molar-refractivity contribution in [2.24, 2.45) is 0 Å². The lowest BCUT2D eigenvalue weighted by molar-refractivity contribution is -0.123. The van der Waals surface area contributed by atoms with Gasteiger partial charge in [-0.05, 0) is 30.5 Å². The van der Waals surface area contributed by atoms with Crippen molar-refractivity contribution in [1.29, 1.82) is 0 Å². The van der Waals surface area contributed by atoms with Crippen LogP contribution in [0.1, 0.15) is 17.8 Å². The van der Waals surface area contributed by atoms with E-state index in [0.717, 1.165) is 4.88 Å². The SMILES string of the molecule is CC(NC(=O)COc1ccccc1N)c1cccs1. The van der Waals surface area contributed by atoms with Crippen LogP contribution in [0.25, 0.3) is 0 Å². The van der Waals surface area contributed by atoms with Crippen LogP contribution < -0.4 is 15.8 Å². The molecule has 1 atom stereocenters. The molecule has 0 saturated carbocycles. The van der Waals surface area contributed by atoms with Gasteiger partial charge in [0, 0.05) is 4.88 Å². The highest BCUT2D eigenvalue weighted by atomic mass is 32.1. The van der Waals surface area contributed by atoms with Crippen LogP contribution in [0.2, 0.25) is 0 Å². The van der Waals surface area contributed by atoms with E-state index in [0.29, 0.717) is 11.4 Å². The summed E-state index contributed by atoms with van der Waals surface area (Å²) in [6, 6.07) is 11.1. The number of nitrogens with one attached hydrogen (secondary N) is 1. The van der Waals surface area contributed by atoms with Crippen molar-refractivity contribution in [3.05, 3.63) is 46.7 Å². The number of carbonyl (C=O) groups excluding carboxylic acids is 1. The number of thiophene rings is 1. The fourth-order valence-corrected chi connectivity index (χ4v) is 2.38. The van der Waals surface area contributed by atoms with Crippen molar-refractivity contribution in [1.82, 2.24) is 5.32 Å². The van der Waals surface area contributed by atoms with Crippen molar-refractivity contribution >= 4 is 22.9 Å².